The topological polar surface area (TPSA) is 51.6 Å². The van der Waals surface area contributed by atoms with Crippen molar-refractivity contribution in [1.29, 1.82) is 0 Å². The van der Waals surface area contributed by atoms with Gasteiger partial charge in [-0.25, -0.2) is 4.98 Å². The molecule has 0 saturated carbocycles. The first-order valence-electron chi connectivity index (χ1n) is 6.74. The summed E-state index contributed by atoms with van der Waals surface area (Å²) in [5.41, 5.74) is 0.404. The summed E-state index contributed by atoms with van der Waals surface area (Å²) in [4.78, 5) is 4.19. The van der Waals surface area contributed by atoms with E-state index in [1.165, 1.54) is 7.11 Å². The van der Waals surface area contributed by atoms with Crippen LogP contribution in [0.1, 0.15) is 45.7 Å². The van der Waals surface area contributed by atoms with E-state index in [-0.39, 0.29) is 5.15 Å². The minimum absolute atomic E-state index is 0.264. The number of aliphatic hydroxyl groups is 1. The minimum atomic E-state index is -1.20. The molecule has 0 fully saturated rings. The van der Waals surface area contributed by atoms with Crippen LogP contribution in [0.3, 0.4) is 0 Å². The summed E-state index contributed by atoms with van der Waals surface area (Å²) < 4.78 is 10.9. The third kappa shape index (κ3) is 3.96. The first-order chi connectivity index (χ1) is 9.55. The Kier molecular flexibility index (Phi) is 5.42. The first-order valence-corrected chi connectivity index (χ1v) is 7.12. The SMILES string of the molecule is COc1nc(Cl)cc(C(C)(O)C=C(C)C)c1C(C)(C)OC. The summed E-state index contributed by atoms with van der Waals surface area (Å²) in [6, 6.07) is 1.65. The van der Waals surface area contributed by atoms with Gasteiger partial charge in [0.25, 0.3) is 0 Å². The van der Waals surface area contributed by atoms with Crippen LogP contribution in [0, 0.1) is 0 Å². The van der Waals surface area contributed by atoms with E-state index in [0.29, 0.717) is 17.0 Å². The van der Waals surface area contributed by atoms with Crippen molar-refractivity contribution in [3.05, 3.63) is 34.0 Å². The third-order valence-electron chi connectivity index (χ3n) is 3.38. The number of ether oxygens (including phenoxy) is 2. The van der Waals surface area contributed by atoms with Crippen molar-refractivity contribution in [2.24, 2.45) is 0 Å². The number of pyridine rings is 1. The van der Waals surface area contributed by atoms with E-state index < -0.39 is 11.2 Å². The largest absolute Gasteiger partial charge is 0.481 e. The molecule has 21 heavy (non-hydrogen) atoms. The Bertz CT molecular complexity index is 547. The third-order valence-corrected chi connectivity index (χ3v) is 3.57. The van der Waals surface area contributed by atoms with Gasteiger partial charge in [-0.05, 0) is 40.7 Å². The van der Waals surface area contributed by atoms with Gasteiger partial charge in [-0.1, -0.05) is 23.3 Å². The molecule has 118 valence electrons. The lowest BCUT2D eigenvalue weighted by Gasteiger charge is -2.32. The van der Waals surface area contributed by atoms with Crippen LogP contribution in [0.4, 0.5) is 0 Å². The fraction of sp³-hybridized carbons (Fsp3) is 0.562. The van der Waals surface area contributed by atoms with E-state index in [1.807, 2.05) is 27.7 Å². The number of nitrogens with zero attached hydrogens (tertiary/aromatic N) is 1. The predicted octanol–water partition coefficient (Wildman–Crippen LogP) is 3.80. The van der Waals surface area contributed by atoms with Gasteiger partial charge in [0.05, 0.1) is 18.3 Å². The van der Waals surface area contributed by atoms with E-state index in [9.17, 15) is 5.11 Å². The monoisotopic (exact) mass is 313 g/mol. The smallest absolute Gasteiger partial charge is 0.221 e. The number of rotatable bonds is 5. The molecular weight excluding hydrogens is 290 g/mol. The molecule has 1 heterocycles. The molecular formula is C16H24ClNO3. The van der Waals surface area contributed by atoms with E-state index in [0.717, 1.165) is 5.57 Å². The van der Waals surface area contributed by atoms with Crippen molar-refractivity contribution in [2.45, 2.75) is 45.8 Å². The highest BCUT2D eigenvalue weighted by Crippen LogP contribution is 2.40. The van der Waals surface area contributed by atoms with Crippen molar-refractivity contribution in [2.75, 3.05) is 14.2 Å². The molecule has 1 N–H and O–H groups in total. The zero-order valence-electron chi connectivity index (χ0n) is 13.7. The highest BCUT2D eigenvalue weighted by Gasteiger charge is 2.35. The number of hydrogen-bond acceptors (Lipinski definition) is 4. The Morgan fingerprint density at radius 2 is 1.86 bits per heavy atom. The standard InChI is InChI=1S/C16H24ClNO3/c1-10(2)9-16(5,19)11-8-12(17)18-14(20-6)13(11)15(3,4)21-7/h8-9,19H,1-7H3. The molecule has 0 amide bonds. The fourth-order valence-electron chi connectivity index (χ4n) is 2.36. The van der Waals surface area contributed by atoms with Crippen LogP contribution in [0.2, 0.25) is 5.15 Å². The molecule has 0 spiro atoms. The van der Waals surface area contributed by atoms with E-state index in [1.54, 1.807) is 26.2 Å². The van der Waals surface area contributed by atoms with Gasteiger partial charge in [0, 0.05) is 12.7 Å². The Morgan fingerprint density at radius 1 is 1.29 bits per heavy atom. The summed E-state index contributed by atoms with van der Waals surface area (Å²) in [5.74, 6) is 0.354. The molecule has 1 atom stereocenters. The summed E-state index contributed by atoms with van der Waals surface area (Å²) >= 11 is 6.07. The van der Waals surface area contributed by atoms with Gasteiger partial charge in [0.1, 0.15) is 10.8 Å². The zero-order valence-corrected chi connectivity index (χ0v) is 14.5. The molecule has 1 aromatic rings. The summed E-state index contributed by atoms with van der Waals surface area (Å²) in [7, 11) is 3.13. The second kappa shape index (κ2) is 6.34. The average Bonchev–Trinajstić information content (AvgIpc) is 2.35. The molecule has 0 aromatic carbocycles. The first kappa shape index (κ1) is 18.0. The van der Waals surface area contributed by atoms with Gasteiger partial charge in [0.15, 0.2) is 0 Å². The molecule has 0 aliphatic heterocycles. The predicted molar refractivity (Wildman–Crippen MR) is 84.8 cm³/mol. The Balaban J connectivity index is 3.72. The number of halogens is 1. The quantitative estimate of drug-likeness (QED) is 0.663. The zero-order chi connectivity index (χ0) is 16.4. The van der Waals surface area contributed by atoms with E-state index in [2.05, 4.69) is 4.98 Å². The maximum atomic E-state index is 10.9. The van der Waals surface area contributed by atoms with Gasteiger partial charge in [-0.2, -0.15) is 0 Å². The molecule has 0 bridgehead atoms. The summed E-state index contributed by atoms with van der Waals surface area (Å²) in [6.07, 6.45) is 1.77. The molecule has 0 aliphatic rings. The normalized spacial score (nSPS) is 14.5. The van der Waals surface area contributed by atoms with Crippen LogP contribution in [0.5, 0.6) is 5.88 Å². The number of allylic oxidation sites excluding steroid dienone is 1. The maximum Gasteiger partial charge on any atom is 0.221 e. The molecule has 1 rings (SSSR count). The van der Waals surface area contributed by atoms with Crippen LogP contribution in [-0.4, -0.2) is 24.3 Å². The maximum absolute atomic E-state index is 10.9. The van der Waals surface area contributed by atoms with Crippen molar-refractivity contribution in [1.82, 2.24) is 4.98 Å². The van der Waals surface area contributed by atoms with Crippen molar-refractivity contribution in [3.8, 4) is 5.88 Å². The molecule has 0 saturated heterocycles. The number of hydrogen-bond donors (Lipinski definition) is 1. The highest BCUT2D eigenvalue weighted by atomic mass is 35.5. The van der Waals surface area contributed by atoms with Gasteiger partial charge in [0.2, 0.25) is 5.88 Å². The van der Waals surface area contributed by atoms with Crippen molar-refractivity contribution >= 4 is 11.6 Å². The van der Waals surface area contributed by atoms with Gasteiger partial charge >= 0.3 is 0 Å². The lowest BCUT2D eigenvalue weighted by atomic mass is 9.84. The second-order valence-electron chi connectivity index (χ2n) is 5.96. The number of aromatic nitrogens is 1. The Morgan fingerprint density at radius 3 is 2.29 bits per heavy atom. The van der Waals surface area contributed by atoms with Gasteiger partial charge in [-0.3, -0.25) is 0 Å². The molecule has 5 heteroatoms. The summed E-state index contributed by atoms with van der Waals surface area (Å²) in [5, 5.41) is 11.1. The van der Waals surface area contributed by atoms with Crippen molar-refractivity contribution < 1.29 is 14.6 Å². The van der Waals surface area contributed by atoms with Crippen LogP contribution < -0.4 is 4.74 Å². The van der Waals surface area contributed by atoms with Gasteiger partial charge < -0.3 is 14.6 Å². The number of methoxy groups -OCH3 is 2. The molecule has 1 unspecified atom stereocenters. The van der Waals surface area contributed by atoms with Crippen LogP contribution >= 0.6 is 11.6 Å². The van der Waals surface area contributed by atoms with Crippen molar-refractivity contribution in [3.63, 3.8) is 0 Å². The Hall–Kier alpha value is -1.10. The van der Waals surface area contributed by atoms with Crippen LogP contribution in [0.15, 0.2) is 17.7 Å². The lowest BCUT2D eigenvalue weighted by Crippen LogP contribution is -2.29. The van der Waals surface area contributed by atoms with Gasteiger partial charge in [-0.15, -0.1) is 0 Å². The molecule has 1 aromatic heterocycles. The average molecular weight is 314 g/mol. The lowest BCUT2D eigenvalue weighted by molar-refractivity contribution is 0.0110. The summed E-state index contributed by atoms with van der Waals surface area (Å²) in [6.45, 7) is 9.34. The van der Waals surface area contributed by atoms with E-state index in [4.69, 9.17) is 21.1 Å². The fourth-order valence-corrected chi connectivity index (χ4v) is 2.55. The highest BCUT2D eigenvalue weighted by molar-refractivity contribution is 6.29. The Labute approximate surface area is 131 Å². The molecule has 0 radical (unpaired) electrons. The molecule has 0 aliphatic carbocycles. The van der Waals surface area contributed by atoms with Crippen LogP contribution in [0.25, 0.3) is 0 Å². The van der Waals surface area contributed by atoms with Crippen LogP contribution in [-0.2, 0) is 15.9 Å². The second-order valence-corrected chi connectivity index (χ2v) is 6.35. The minimum Gasteiger partial charge on any atom is -0.481 e. The van der Waals surface area contributed by atoms with E-state index >= 15 is 0 Å². The molecule has 4 nitrogen and oxygen atoms in total.